The van der Waals surface area contributed by atoms with Crippen molar-refractivity contribution >= 4 is 0 Å². The third-order valence-electron chi connectivity index (χ3n) is 3.16. The van der Waals surface area contributed by atoms with Gasteiger partial charge in [-0.3, -0.25) is 4.68 Å². The molecule has 0 aliphatic carbocycles. The Kier molecular flexibility index (Phi) is 4.39. The molecular weight excluding hydrogens is 259 g/mol. The average Bonchev–Trinajstić information content (AvgIpc) is 2.88. The van der Waals surface area contributed by atoms with Gasteiger partial charge in [-0.05, 0) is 37.6 Å². The molecule has 1 N–H and O–H groups in total. The number of aliphatic hydroxyl groups excluding tert-OH is 1. The van der Waals surface area contributed by atoms with Gasteiger partial charge >= 0.3 is 0 Å². The van der Waals surface area contributed by atoms with Gasteiger partial charge in [0.25, 0.3) is 0 Å². The van der Waals surface area contributed by atoms with Crippen LogP contribution < -0.4 is 4.74 Å². The van der Waals surface area contributed by atoms with Gasteiger partial charge in [0.15, 0.2) is 11.6 Å². The Morgan fingerprint density at radius 2 is 2.10 bits per heavy atom. The smallest absolute Gasteiger partial charge is 0.165 e. The van der Waals surface area contributed by atoms with Crippen molar-refractivity contribution in [1.82, 2.24) is 9.78 Å². The molecule has 0 spiro atoms. The molecule has 4 nitrogen and oxygen atoms in total. The predicted molar refractivity (Wildman–Crippen MR) is 74.2 cm³/mol. The van der Waals surface area contributed by atoms with Crippen LogP contribution in [-0.2, 0) is 6.42 Å². The van der Waals surface area contributed by atoms with E-state index in [1.165, 1.54) is 19.2 Å². The Balaban J connectivity index is 2.12. The molecule has 1 aromatic heterocycles. The maximum Gasteiger partial charge on any atom is 0.165 e. The second kappa shape index (κ2) is 6.05. The molecule has 108 valence electrons. The van der Waals surface area contributed by atoms with Gasteiger partial charge in [-0.1, -0.05) is 6.07 Å². The Labute approximate surface area is 117 Å². The van der Waals surface area contributed by atoms with Crippen LogP contribution in [0, 0.1) is 5.82 Å². The summed E-state index contributed by atoms with van der Waals surface area (Å²) in [4.78, 5) is 0. The Morgan fingerprint density at radius 1 is 1.35 bits per heavy atom. The second-order valence-electron chi connectivity index (χ2n) is 4.99. The monoisotopic (exact) mass is 278 g/mol. The van der Waals surface area contributed by atoms with Gasteiger partial charge in [0.2, 0.25) is 0 Å². The highest BCUT2D eigenvalue weighted by atomic mass is 19.1. The average molecular weight is 278 g/mol. The van der Waals surface area contributed by atoms with E-state index in [2.05, 4.69) is 5.10 Å². The van der Waals surface area contributed by atoms with Crippen LogP contribution in [0.15, 0.2) is 30.5 Å². The van der Waals surface area contributed by atoms with E-state index in [1.807, 2.05) is 30.8 Å². The Hall–Kier alpha value is -1.88. The Bertz CT molecular complexity index is 581. The normalized spacial score (nSPS) is 12.7. The van der Waals surface area contributed by atoms with Gasteiger partial charge in [-0.15, -0.1) is 0 Å². The molecule has 0 aliphatic rings. The van der Waals surface area contributed by atoms with Crippen molar-refractivity contribution < 1.29 is 14.2 Å². The number of methoxy groups -OCH3 is 1. The minimum absolute atomic E-state index is 0.134. The lowest BCUT2D eigenvalue weighted by atomic mass is 10.0. The maximum atomic E-state index is 13.3. The largest absolute Gasteiger partial charge is 0.494 e. The molecule has 0 bridgehead atoms. The molecule has 1 aromatic carbocycles. The van der Waals surface area contributed by atoms with Crippen molar-refractivity contribution in [3.05, 3.63) is 47.5 Å². The van der Waals surface area contributed by atoms with Gasteiger partial charge < -0.3 is 9.84 Å². The molecule has 20 heavy (non-hydrogen) atoms. The lowest BCUT2D eigenvalue weighted by Gasteiger charge is -2.11. The highest BCUT2D eigenvalue weighted by Gasteiger charge is 2.14. The van der Waals surface area contributed by atoms with Gasteiger partial charge in [-0.25, -0.2) is 4.39 Å². The number of halogens is 1. The molecule has 1 unspecified atom stereocenters. The topological polar surface area (TPSA) is 47.3 Å². The van der Waals surface area contributed by atoms with Crippen LogP contribution in [0.3, 0.4) is 0 Å². The van der Waals surface area contributed by atoms with E-state index >= 15 is 0 Å². The van der Waals surface area contributed by atoms with Gasteiger partial charge in [-0.2, -0.15) is 5.10 Å². The van der Waals surface area contributed by atoms with Crippen LogP contribution >= 0.6 is 0 Å². The maximum absolute atomic E-state index is 13.3. The standard InChI is InChI=1S/C15H19FN2O2/c1-10(2)18-7-6-12(17-18)9-14(19)11-4-5-13(16)15(8-11)20-3/h4-8,10,14,19H,9H2,1-3H3. The molecular formula is C15H19FN2O2. The molecule has 0 saturated carbocycles. The minimum atomic E-state index is -0.736. The summed E-state index contributed by atoms with van der Waals surface area (Å²) in [5, 5.41) is 14.6. The van der Waals surface area contributed by atoms with Crippen LogP contribution in [0.25, 0.3) is 0 Å². The second-order valence-corrected chi connectivity index (χ2v) is 4.99. The van der Waals surface area contributed by atoms with Crippen LogP contribution in [0.4, 0.5) is 4.39 Å². The van der Waals surface area contributed by atoms with E-state index in [0.717, 1.165) is 5.69 Å². The zero-order valence-electron chi connectivity index (χ0n) is 11.9. The van der Waals surface area contributed by atoms with Crippen LogP contribution in [0.2, 0.25) is 0 Å². The molecule has 1 heterocycles. The van der Waals surface area contributed by atoms with Crippen molar-refractivity contribution in [1.29, 1.82) is 0 Å². The van der Waals surface area contributed by atoms with E-state index < -0.39 is 11.9 Å². The third-order valence-corrected chi connectivity index (χ3v) is 3.16. The molecule has 5 heteroatoms. The van der Waals surface area contributed by atoms with E-state index in [0.29, 0.717) is 12.0 Å². The van der Waals surface area contributed by atoms with Crippen LogP contribution in [-0.4, -0.2) is 22.0 Å². The lowest BCUT2D eigenvalue weighted by Crippen LogP contribution is -2.06. The minimum Gasteiger partial charge on any atom is -0.494 e. The molecule has 2 rings (SSSR count). The number of hydrogen-bond acceptors (Lipinski definition) is 3. The number of aliphatic hydroxyl groups is 1. The zero-order chi connectivity index (χ0) is 14.7. The quantitative estimate of drug-likeness (QED) is 0.914. The zero-order valence-corrected chi connectivity index (χ0v) is 11.9. The first-order chi connectivity index (χ1) is 9.51. The molecule has 1 atom stereocenters. The van der Waals surface area contributed by atoms with Crippen molar-refractivity contribution in [3.63, 3.8) is 0 Å². The number of hydrogen-bond donors (Lipinski definition) is 1. The van der Waals surface area contributed by atoms with E-state index in [-0.39, 0.29) is 11.8 Å². The SMILES string of the molecule is COc1cc(C(O)Cc2ccn(C(C)C)n2)ccc1F. The van der Waals surface area contributed by atoms with Gasteiger partial charge in [0.05, 0.1) is 18.9 Å². The molecule has 0 aliphatic heterocycles. The summed E-state index contributed by atoms with van der Waals surface area (Å²) in [6, 6.07) is 6.53. The number of ether oxygens (including phenoxy) is 1. The highest BCUT2D eigenvalue weighted by molar-refractivity contribution is 5.32. The Morgan fingerprint density at radius 3 is 2.70 bits per heavy atom. The third kappa shape index (κ3) is 3.17. The fourth-order valence-corrected chi connectivity index (χ4v) is 1.97. The summed E-state index contributed by atoms with van der Waals surface area (Å²) in [5.41, 5.74) is 1.41. The molecule has 0 amide bonds. The lowest BCUT2D eigenvalue weighted by molar-refractivity contribution is 0.176. The summed E-state index contributed by atoms with van der Waals surface area (Å²) in [7, 11) is 1.40. The van der Waals surface area contributed by atoms with Gasteiger partial charge in [0.1, 0.15) is 0 Å². The summed E-state index contributed by atoms with van der Waals surface area (Å²) in [5.74, 6) is -0.304. The molecule has 0 fully saturated rings. The number of rotatable bonds is 5. The van der Waals surface area contributed by atoms with Crippen molar-refractivity contribution in [2.24, 2.45) is 0 Å². The fourth-order valence-electron chi connectivity index (χ4n) is 1.97. The summed E-state index contributed by atoms with van der Waals surface area (Å²) < 4.78 is 20.1. The number of nitrogens with zero attached hydrogens (tertiary/aromatic N) is 2. The first kappa shape index (κ1) is 14.5. The van der Waals surface area contributed by atoms with Crippen LogP contribution in [0.5, 0.6) is 5.75 Å². The summed E-state index contributed by atoms with van der Waals surface area (Å²) in [6.07, 6.45) is 1.53. The molecule has 0 radical (unpaired) electrons. The number of aromatic nitrogens is 2. The van der Waals surface area contributed by atoms with E-state index in [9.17, 15) is 9.50 Å². The first-order valence-corrected chi connectivity index (χ1v) is 6.56. The predicted octanol–water partition coefficient (Wildman–Crippen LogP) is 2.89. The van der Waals surface area contributed by atoms with E-state index in [4.69, 9.17) is 4.74 Å². The highest BCUT2D eigenvalue weighted by Crippen LogP contribution is 2.24. The van der Waals surface area contributed by atoms with E-state index in [1.54, 1.807) is 6.07 Å². The molecule has 2 aromatic rings. The fraction of sp³-hybridized carbons (Fsp3) is 0.400. The number of benzene rings is 1. The van der Waals surface area contributed by atoms with Crippen molar-refractivity contribution in [3.8, 4) is 5.75 Å². The summed E-state index contributed by atoms with van der Waals surface area (Å²) >= 11 is 0. The summed E-state index contributed by atoms with van der Waals surface area (Å²) in [6.45, 7) is 4.08. The van der Waals surface area contributed by atoms with Crippen molar-refractivity contribution in [2.45, 2.75) is 32.4 Å². The van der Waals surface area contributed by atoms with Crippen molar-refractivity contribution in [2.75, 3.05) is 7.11 Å². The molecule has 0 saturated heterocycles. The first-order valence-electron chi connectivity index (χ1n) is 6.56. The van der Waals surface area contributed by atoms with Crippen LogP contribution in [0.1, 0.15) is 37.3 Å². The van der Waals surface area contributed by atoms with Gasteiger partial charge in [0, 0.05) is 18.7 Å².